The van der Waals surface area contributed by atoms with Crippen molar-refractivity contribution in [1.82, 2.24) is 4.98 Å². The van der Waals surface area contributed by atoms with E-state index in [2.05, 4.69) is 4.98 Å². The van der Waals surface area contributed by atoms with Crippen LogP contribution in [0.1, 0.15) is 15.9 Å². The molecule has 0 spiro atoms. The van der Waals surface area contributed by atoms with Crippen molar-refractivity contribution >= 4 is 11.7 Å². The van der Waals surface area contributed by atoms with Gasteiger partial charge in [-0.25, -0.2) is 9.78 Å². The van der Waals surface area contributed by atoms with Gasteiger partial charge < -0.3 is 9.84 Å². The van der Waals surface area contributed by atoms with Crippen LogP contribution in [0.5, 0.6) is 11.6 Å². The highest BCUT2D eigenvalue weighted by Gasteiger charge is 2.19. The third kappa shape index (κ3) is 3.10. The second-order valence-electron chi connectivity index (χ2n) is 3.85. The van der Waals surface area contributed by atoms with E-state index in [1.807, 2.05) is 6.07 Å². The molecule has 1 heterocycles. The zero-order valence-electron chi connectivity index (χ0n) is 10.4. The molecule has 0 unspecified atom stereocenters. The summed E-state index contributed by atoms with van der Waals surface area (Å²) in [6.07, 6.45) is 0.899. The van der Waals surface area contributed by atoms with Crippen LogP contribution in [-0.2, 0) is 0 Å². The summed E-state index contributed by atoms with van der Waals surface area (Å²) in [5.74, 6) is -1.49. The van der Waals surface area contributed by atoms with Gasteiger partial charge in [0.1, 0.15) is 17.5 Å². The summed E-state index contributed by atoms with van der Waals surface area (Å²) in [5.41, 5.74) is -0.566. The summed E-state index contributed by atoms with van der Waals surface area (Å²) >= 11 is 0. The van der Waals surface area contributed by atoms with Gasteiger partial charge in [-0.3, -0.25) is 10.1 Å². The molecule has 1 aromatic heterocycles. The van der Waals surface area contributed by atoms with Gasteiger partial charge in [0.25, 0.3) is 5.69 Å². The number of pyridine rings is 1. The van der Waals surface area contributed by atoms with E-state index in [0.717, 1.165) is 12.3 Å². The number of rotatable bonds is 4. The zero-order chi connectivity index (χ0) is 15.4. The molecule has 8 heteroatoms. The van der Waals surface area contributed by atoms with Crippen LogP contribution in [0.25, 0.3) is 0 Å². The molecule has 0 aliphatic carbocycles. The van der Waals surface area contributed by atoms with Gasteiger partial charge in [0, 0.05) is 6.07 Å². The molecule has 2 rings (SSSR count). The lowest BCUT2D eigenvalue weighted by Crippen LogP contribution is -2.03. The monoisotopic (exact) mass is 285 g/mol. The van der Waals surface area contributed by atoms with Gasteiger partial charge in [-0.2, -0.15) is 5.26 Å². The normalized spacial score (nSPS) is 9.67. The van der Waals surface area contributed by atoms with E-state index in [4.69, 9.17) is 15.1 Å². The number of carboxylic acids is 1. The molecule has 0 radical (unpaired) electrons. The Morgan fingerprint density at radius 1 is 1.43 bits per heavy atom. The number of carbonyl (C=O) groups is 1. The Bertz CT molecular complexity index is 767. The number of benzene rings is 1. The Labute approximate surface area is 118 Å². The SMILES string of the molecule is N#Cc1cccc(Oc2ncc([N+](=O)[O-])cc2C(=O)O)c1. The first-order chi connectivity index (χ1) is 10.0. The van der Waals surface area contributed by atoms with Crippen molar-refractivity contribution in [3.8, 4) is 17.7 Å². The highest BCUT2D eigenvalue weighted by molar-refractivity contribution is 5.91. The number of carboxylic acid groups (broad SMARTS) is 1. The van der Waals surface area contributed by atoms with Crippen LogP contribution in [0.2, 0.25) is 0 Å². The lowest BCUT2D eigenvalue weighted by Gasteiger charge is -2.07. The highest BCUT2D eigenvalue weighted by atomic mass is 16.6. The number of nitrogens with zero attached hydrogens (tertiary/aromatic N) is 3. The van der Waals surface area contributed by atoms with Gasteiger partial charge >= 0.3 is 5.97 Å². The van der Waals surface area contributed by atoms with Gasteiger partial charge in [-0.1, -0.05) is 6.07 Å². The van der Waals surface area contributed by atoms with E-state index >= 15 is 0 Å². The third-order valence-electron chi connectivity index (χ3n) is 2.46. The average Bonchev–Trinajstić information content (AvgIpc) is 2.47. The van der Waals surface area contributed by atoms with E-state index < -0.39 is 22.1 Å². The number of hydrogen-bond donors (Lipinski definition) is 1. The standard InChI is InChI=1S/C13H7N3O5/c14-6-8-2-1-3-10(4-8)21-12-11(13(17)18)5-9(7-15-12)16(19)20/h1-5,7H,(H,17,18). The molecule has 0 bridgehead atoms. The third-order valence-corrected chi connectivity index (χ3v) is 2.46. The van der Waals surface area contributed by atoms with Crippen molar-refractivity contribution in [2.45, 2.75) is 0 Å². The molecular weight excluding hydrogens is 278 g/mol. The van der Waals surface area contributed by atoms with Crippen LogP contribution in [-0.4, -0.2) is 21.0 Å². The Morgan fingerprint density at radius 3 is 2.81 bits per heavy atom. The first-order valence-electron chi connectivity index (χ1n) is 5.57. The van der Waals surface area contributed by atoms with E-state index in [1.165, 1.54) is 12.1 Å². The second kappa shape index (κ2) is 5.66. The lowest BCUT2D eigenvalue weighted by atomic mass is 10.2. The minimum atomic E-state index is -1.40. The summed E-state index contributed by atoms with van der Waals surface area (Å²) in [7, 11) is 0. The molecule has 104 valence electrons. The molecule has 0 saturated carbocycles. The molecule has 0 atom stereocenters. The van der Waals surface area contributed by atoms with E-state index in [-0.39, 0.29) is 11.6 Å². The number of nitriles is 1. The minimum Gasteiger partial charge on any atom is -0.477 e. The van der Waals surface area contributed by atoms with Crippen LogP contribution in [0.3, 0.4) is 0 Å². The minimum absolute atomic E-state index is 0.206. The van der Waals surface area contributed by atoms with Crippen LogP contribution in [0, 0.1) is 21.4 Å². The fourth-order valence-corrected chi connectivity index (χ4v) is 1.52. The van der Waals surface area contributed by atoms with Crippen molar-refractivity contribution in [1.29, 1.82) is 5.26 Å². The fourth-order valence-electron chi connectivity index (χ4n) is 1.52. The summed E-state index contributed by atoms with van der Waals surface area (Å²) in [5, 5.41) is 28.5. The predicted molar refractivity (Wildman–Crippen MR) is 69.1 cm³/mol. The van der Waals surface area contributed by atoms with Crippen molar-refractivity contribution in [2.24, 2.45) is 0 Å². The molecule has 8 nitrogen and oxygen atoms in total. The first-order valence-corrected chi connectivity index (χ1v) is 5.57. The Morgan fingerprint density at radius 2 is 2.19 bits per heavy atom. The number of hydrogen-bond acceptors (Lipinski definition) is 6. The molecular formula is C13H7N3O5. The largest absolute Gasteiger partial charge is 0.477 e. The molecule has 0 aliphatic heterocycles. The van der Waals surface area contributed by atoms with Crippen LogP contribution < -0.4 is 4.74 Å². The molecule has 0 aliphatic rings. The maximum Gasteiger partial charge on any atom is 0.341 e. The zero-order valence-corrected chi connectivity index (χ0v) is 10.4. The fraction of sp³-hybridized carbons (Fsp3) is 0. The Hall–Kier alpha value is -3.47. The number of nitro groups is 1. The van der Waals surface area contributed by atoms with Crippen molar-refractivity contribution < 1.29 is 19.6 Å². The van der Waals surface area contributed by atoms with Gasteiger partial charge in [0.15, 0.2) is 0 Å². The lowest BCUT2D eigenvalue weighted by molar-refractivity contribution is -0.385. The average molecular weight is 285 g/mol. The topological polar surface area (TPSA) is 126 Å². The smallest absolute Gasteiger partial charge is 0.341 e. The maximum atomic E-state index is 11.1. The van der Waals surface area contributed by atoms with E-state index in [0.29, 0.717) is 5.56 Å². The number of aromatic carboxylic acids is 1. The molecule has 0 saturated heterocycles. The Balaban J connectivity index is 2.41. The van der Waals surface area contributed by atoms with Gasteiger partial charge in [0.05, 0.1) is 16.6 Å². The second-order valence-corrected chi connectivity index (χ2v) is 3.85. The molecule has 0 fully saturated rings. The van der Waals surface area contributed by atoms with Crippen LogP contribution in [0.15, 0.2) is 36.5 Å². The van der Waals surface area contributed by atoms with Gasteiger partial charge in [-0.15, -0.1) is 0 Å². The molecule has 1 N–H and O–H groups in total. The van der Waals surface area contributed by atoms with Crippen molar-refractivity contribution in [3.63, 3.8) is 0 Å². The quantitative estimate of drug-likeness (QED) is 0.674. The molecule has 0 amide bonds. The summed E-state index contributed by atoms with van der Waals surface area (Å²) in [6, 6.07) is 8.78. The number of ether oxygens (including phenoxy) is 1. The number of aromatic nitrogens is 1. The maximum absolute atomic E-state index is 11.1. The van der Waals surface area contributed by atoms with Crippen LogP contribution >= 0.6 is 0 Å². The molecule has 2 aromatic rings. The van der Waals surface area contributed by atoms with E-state index in [9.17, 15) is 14.9 Å². The van der Waals surface area contributed by atoms with Gasteiger partial charge in [-0.05, 0) is 18.2 Å². The summed E-state index contributed by atoms with van der Waals surface area (Å²) < 4.78 is 5.28. The van der Waals surface area contributed by atoms with Crippen molar-refractivity contribution in [3.05, 3.63) is 57.8 Å². The highest BCUT2D eigenvalue weighted by Crippen LogP contribution is 2.26. The van der Waals surface area contributed by atoms with Crippen LogP contribution in [0.4, 0.5) is 5.69 Å². The molecule has 1 aromatic carbocycles. The van der Waals surface area contributed by atoms with Crippen molar-refractivity contribution in [2.75, 3.05) is 0 Å². The first kappa shape index (κ1) is 14.0. The van der Waals surface area contributed by atoms with Gasteiger partial charge in [0.2, 0.25) is 5.88 Å². The van der Waals surface area contributed by atoms with E-state index in [1.54, 1.807) is 12.1 Å². The summed E-state index contributed by atoms with van der Waals surface area (Å²) in [6.45, 7) is 0. The Kier molecular flexibility index (Phi) is 3.76. The summed E-state index contributed by atoms with van der Waals surface area (Å²) in [4.78, 5) is 24.6. The molecule has 21 heavy (non-hydrogen) atoms. The predicted octanol–water partition coefficient (Wildman–Crippen LogP) is 2.35.